The van der Waals surface area contributed by atoms with Gasteiger partial charge in [0.2, 0.25) is 9.84 Å². The summed E-state index contributed by atoms with van der Waals surface area (Å²) in [5.41, 5.74) is 0. The van der Waals surface area contributed by atoms with Gasteiger partial charge in [-0.1, -0.05) is 33.1 Å². The Morgan fingerprint density at radius 3 is 2.23 bits per heavy atom. The van der Waals surface area contributed by atoms with Crippen molar-refractivity contribution in [1.82, 2.24) is 4.90 Å². The first-order valence-corrected chi connectivity index (χ1v) is 10.1. The van der Waals surface area contributed by atoms with Crippen molar-refractivity contribution >= 4 is 32.3 Å². The zero-order chi connectivity index (χ0) is 17.2. The van der Waals surface area contributed by atoms with Crippen molar-refractivity contribution in [2.24, 2.45) is 5.92 Å². The van der Waals surface area contributed by atoms with Gasteiger partial charge in [0.1, 0.15) is 0 Å². The number of carbonyl (C=O) groups is 1. The number of esters is 1. The van der Waals surface area contributed by atoms with Gasteiger partial charge in [0.25, 0.3) is 0 Å². The lowest BCUT2D eigenvalue weighted by Crippen LogP contribution is -2.38. The highest BCUT2D eigenvalue weighted by atomic mass is 32.2. The lowest BCUT2D eigenvalue weighted by Gasteiger charge is -2.21. The maximum absolute atomic E-state index is 12.1. The fourth-order valence-electron chi connectivity index (χ4n) is 2.05. The number of nitrogens with zero attached hydrogens (tertiary/aromatic N) is 1. The van der Waals surface area contributed by atoms with E-state index in [-0.39, 0.29) is 10.9 Å². The third kappa shape index (κ3) is 7.54. The van der Waals surface area contributed by atoms with Crippen molar-refractivity contribution in [2.45, 2.75) is 53.4 Å². The molecule has 0 saturated heterocycles. The molecule has 0 aliphatic carbocycles. The van der Waals surface area contributed by atoms with E-state index in [2.05, 4.69) is 6.92 Å². The Bertz CT molecular complexity index is 444. The van der Waals surface area contributed by atoms with Gasteiger partial charge in [0.15, 0.2) is 10.1 Å². The van der Waals surface area contributed by atoms with E-state index in [4.69, 9.17) is 17.0 Å². The summed E-state index contributed by atoms with van der Waals surface area (Å²) in [4.78, 5) is 13.3. The van der Waals surface area contributed by atoms with E-state index in [1.54, 1.807) is 4.90 Å². The van der Waals surface area contributed by atoms with Gasteiger partial charge < -0.3 is 9.64 Å². The number of unbranched alkanes of at least 4 members (excludes halogenated alkanes) is 1. The molecule has 0 saturated carbocycles. The molecular weight excluding hydrogens is 322 g/mol. The second kappa shape index (κ2) is 10.9. The van der Waals surface area contributed by atoms with Crippen molar-refractivity contribution in [1.29, 1.82) is 0 Å². The molecule has 0 rings (SSSR count). The molecule has 0 aromatic rings. The molecule has 0 aromatic carbocycles. The highest BCUT2D eigenvalue weighted by Gasteiger charge is 2.26. The number of thiocarbonyl (C=S) groups is 1. The van der Waals surface area contributed by atoms with Gasteiger partial charge in [-0.2, -0.15) is 0 Å². The van der Waals surface area contributed by atoms with Gasteiger partial charge in [-0.3, -0.25) is 4.79 Å². The number of hydrogen-bond donors (Lipinski definition) is 0. The molecule has 22 heavy (non-hydrogen) atoms. The SMILES string of the molecule is CCCCC(CC)COC(=O)CS(=O)(=O)C(=S)N(CC)CC. The van der Waals surface area contributed by atoms with Gasteiger partial charge in [0.05, 0.1) is 6.61 Å². The van der Waals surface area contributed by atoms with E-state index in [1.165, 1.54) is 0 Å². The van der Waals surface area contributed by atoms with Crippen LogP contribution in [0.25, 0.3) is 0 Å². The Morgan fingerprint density at radius 1 is 1.18 bits per heavy atom. The highest BCUT2D eigenvalue weighted by molar-refractivity contribution is 8.17. The first-order valence-electron chi connectivity index (χ1n) is 7.99. The average molecular weight is 352 g/mol. The minimum atomic E-state index is -3.77. The van der Waals surface area contributed by atoms with Crippen molar-refractivity contribution in [3.8, 4) is 0 Å². The lowest BCUT2D eigenvalue weighted by molar-refractivity contribution is -0.142. The molecule has 0 N–H and O–H groups in total. The largest absolute Gasteiger partial charge is 0.465 e. The quantitative estimate of drug-likeness (QED) is 0.445. The zero-order valence-corrected chi connectivity index (χ0v) is 15.8. The molecule has 0 aliphatic heterocycles. The molecular formula is C15H29NO4S2. The van der Waals surface area contributed by atoms with E-state index in [9.17, 15) is 13.2 Å². The van der Waals surface area contributed by atoms with Crippen LogP contribution in [0.2, 0.25) is 0 Å². The minimum Gasteiger partial charge on any atom is -0.465 e. The molecule has 1 atom stereocenters. The van der Waals surface area contributed by atoms with Gasteiger partial charge in [-0.25, -0.2) is 8.42 Å². The monoisotopic (exact) mass is 351 g/mol. The molecule has 0 amide bonds. The third-order valence-electron chi connectivity index (χ3n) is 3.62. The molecule has 0 bridgehead atoms. The molecule has 0 fully saturated rings. The molecule has 130 valence electrons. The fourth-order valence-corrected chi connectivity index (χ4v) is 3.65. The van der Waals surface area contributed by atoms with Crippen LogP contribution < -0.4 is 0 Å². The Kier molecular flexibility index (Phi) is 10.6. The summed E-state index contributed by atoms with van der Waals surface area (Å²) >= 11 is 4.97. The summed E-state index contributed by atoms with van der Waals surface area (Å²) < 4.78 is 29.2. The Balaban J connectivity index is 4.48. The van der Waals surface area contributed by atoms with Crippen molar-refractivity contribution < 1.29 is 17.9 Å². The Hall–Kier alpha value is -0.690. The van der Waals surface area contributed by atoms with Gasteiger partial charge in [-0.15, -0.1) is 0 Å². The van der Waals surface area contributed by atoms with Gasteiger partial charge in [-0.05, 0) is 38.4 Å². The van der Waals surface area contributed by atoms with E-state index in [1.807, 2.05) is 20.8 Å². The van der Waals surface area contributed by atoms with Crippen LogP contribution in [0, 0.1) is 5.92 Å². The maximum Gasteiger partial charge on any atom is 0.321 e. The lowest BCUT2D eigenvalue weighted by atomic mass is 10.0. The highest BCUT2D eigenvalue weighted by Crippen LogP contribution is 2.13. The van der Waals surface area contributed by atoms with Crippen LogP contribution in [0.5, 0.6) is 0 Å². The summed E-state index contributed by atoms with van der Waals surface area (Å²) in [5, 5.41) is 0. The van der Waals surface area contributed by atoms with E-state index in [0.29, 0.717) is 19.0 Å². The van der Waals surface area contributed by atoms with E-state index < -0.39 is 21.6 Å². The van der Waals surface area contributed by atoms with Crippen LogP contribution in [-0.4, -0.2) is 49.1 Å². The van der Waals surface area contributed by atoms with Crippen LogP contribution in [0.15, 0.2) is 0 Å². The third-order valence-corrected chi connectivity index (χ3v) is 6.04. The Labute approximate surface area is 140 Å². The molecule has 0 aliphatic rings. The summed E-state index contributed by atoms with van der Waals surface area (Å²) in [7, 11) is -3.77. The maximum atomic E-state index is 12.1. The molecule has 0 heterocycles. The summed E-state index contributed by atoms with van der Waals surface area (Å²) in [5.74, 6) is -1.10. The predicted octanol–water partition coefficient (Wildman–Crippen LogP) is 2.79. The van der Waals surface area contributed by atoms with Crippen LogP contribution in [0.4, 0.5) is 0 Å². The van der Waals surface area contributed by atoms with Gasteiger partial charge >= 0.3 is 5.97 Å². The number of hydrogen-bond acceptors (Lipinski definition) is 5. The van der Waals surface area contributed by atoms with Crippen molar-refractivity contribution in [2.75, 3.05) is 25.4 Å². The fraction of sp³-hybridized carbons (Fsp3) is 0.867. The van der Waals surface area contributed by atoms with E-state index in [0.717, 1.165) is 25.7 Å². The first-order chi connectivity index (χ1) is 10.3. The first kappa shape index (κ1) is 21.3. The van der Waals surface area contributed by atoms with Crippen LogP contribution >= 0.6 is 12.2 Å². The second-order valence-electron chi connectivity index (χ2n) is 5.30. The van der Waals surface area contributed by atoms with Crippen LogP contribution in [0.1, 0.15) is 53.4 Å². The van der Waals surface area contributed by atoms with Crippen LogP contribution in [-0.2, 0) is 19.4 Å². The van der Waals surface area contributed by atoms with E-state index >= 15 is 0 Å². The average Bonchev–Trinajstić information content (AvgIpc) is 2.48. The normalized spacial score (nSPS) is 12.7. The number of carbonyl (C=O) groups excluding carboxylic acids is 1. The zero-order valence-electron chi connectivity index (χ0n) is 14.1. The van der Waals surface area contributed by atoms with Gasteiger partial charge in [0, 0.05) is 13.1 Å². The number of sulfone groups is 1. The topological polar surface area (TPSA) is 63.7 Å². The standard InChI is InChI=1S/C15H29NO4S2/c1-5-9-10-13(6-2)11-20-14(17)12-22(18,19)15(21)16(7-3)8-4/h13H,5-12H2,1-4H3. The molecule has 7 heteroatoms. The number of rotatable bonds is 10. The van der Waals surface area contributed by atoms with Crippen LogP contribution in [0.3, 0.4) is 0 Å². The molecule has 5 nitrogen and oxygen atoms in total. The summed E-state index contributed by atoms with van der Waals surface area (Å²) in [6, 6.07) is 0. The molecule has 0 aromatic heterocycles. The van der Waals surface area contributed by atoms with Crippen molar-refractivity contribution in [3.63, 3.8) is 0 Å². The summed E-state index contributed by atoms with van der Waals surface area (Å²) in [6.45, 7) is 9.08. The smallest absolute Gasteiger partial charge is 0.321 e. The predicted molar refractivity (Wildman–Crippen MR) is 93.6 cm³/mol. The number of ether oxygens (including phenoxy) is 1. The molecule has 0 spiro atoms. The molecule has 0 radical (unpaired) electrons. The summed E-state index contributed by atoms with van der Waals surface area (Å²) in [6.07, 6.45) is 4.08. The molecule has 1 unspecified atom stereocenters. The minimum absolute atomic E-state index is 0.174. The van der Waals surface area contributed by atoms with Crippen molar-refractivity contribution in [3.05, 3.63) is 0 Å². The second-order valence-corrected chi connectivity index (χ2v) is 7.85. The Morgan fingerprint density at radius 2 is 1.77 bits per heavy atom.